The van der Waals surface area contributed by atoms with Crippen LogP contribution in [0.2, 0.25) is 0 Å². The van der Waals surface area contributed by atoms with E-state index in [4.69, 9.17) is 14.2 Å². The van der Waals surface area contributed by atoms with Crippen LogP contribution in [-0.2, 0) is 48.4 Å². The molecular formula is C46H45N3O8S. The first-order valence-electron chi connectivity index (χ1n) is 19.2. The number of thioether (sulfide) groups is 1. The van der Waals surface area contributed by atoms with Crippen LogP contribution in [0.1, 0.15) is 60.5 Å². The number of carbonyl (C=O) groups is 4. The van der Waals surface area contributed by atoms with Crippen molar-refractivity contribution in [3.05, 3.63) is 155 Å². The lowest BCUT2D eigenvalue weighted by Gasteiger charge is -2.41. The molecule has 0 radical (unpaired) electrons. The Morgan fingerprint density at radius 3 is 2.24 bits per heavy atom. The maximum atomic E-state index is 13.3. The molecule has 0 bridgehead atoms. The molecular weight excluding hydrogens is 755 g/mol. The molecule has 7 rings (SSSR count). The van der Waals surface area contributed by atoms with Crippen molar-refractivity contribution in [1.82, 2.24) is 10.2 Å². The van der Waals surface area contributed by atoms with Crippen molar-refractivity contribution in [2.75, 3.05) is 11.1 Å². The van der Waals surface area contributed by atoms with Crippen LogP contribution < -0.4 is 10.6 Å². The summed E-state index contributed by atoms with van der Waals surface area (Å²) >= 11 is 1.67. The Hall–Kier alpha value is -5.79. The number of rotatable bonds is 13. The highest BCUT2D eigenvalue weighted by molar-refractivity contribution is 7.99. The van der Waals surface area contributed by atoms with E-state index in [1.165, 1.54) is 11.8 Å². The van der Waals surface area contributed by atoms with E-state index >= 15 is 0 Å². The minimum atomic E-state index is -0.997. The molecule has 3 N–H and O–H groups in total. The third-order valence-corrected chi connectivity index (χ3v) is 11.3. The number of aliphatic hydroxyl groups is 1. The Morgan fingerprint density at radius 1 is 0.810 bits per heavy atom. The first-order valence-corrected chi connectivity index (χ1v) is 20.1. The SMILES string of the molecule is CC(=O)Nc1ccc(SC[C@@H]2O[C@H](c3cccc(-c4cccc(CN5C(=O)CC(NC(=O)OCc6ccccc6)C5=O)c4)c3)O[C@H](c3ccc(CO)cc3)[C@@H]2C)cc1. The predicted molar refractivity (Wildman–Crippen MR) is 220 cm³/mol. The quantitative estimate of drug-likeness (QED) is 0.0799. The van der Waals surface area contributed by atoms with E-state index in [0.29, 0.717) is 5.75 Å². The van der Waals surface area contributed by atoms with Gasteiger partial charge in [-0.05, 0) is 69.8 Å². The first kappa shape index (κ1) is 40.4. The summed E-state index contributed by atoms with van der Waals surface area (Å²) in [6, 6.07) is 39.3. The largest absolute Gasteiger partial charge is 0.445 e. The maximum Gasteiger partial charge on any atom is 0.408 e. The lowest BCUT2D eigenvalue weighted by molar-refractivity contribution is -0.268. The van der Waals surface area contributed by atoms with Crippen molar-refractivity contribution < 1.29 is 38.5 Å². The molecule has 0 saturated carbocycles. The predicted octanol–water partition coefficient (Wildman–Crippen LogP) is 7.94. The van der Waals surface area contributed by atoms with Gasteiger partial charge >= 0.3 is 6.09 Å². The minimum absolute atomic E-state index is 0.00650. The number of aliphatic hydroxyl groups excluding tert-OH is 1. The van der Waals surface area contributed by atoms with E-state index in [1.54, 1.807) is 11.8 Å². The van der Waals surface area contributed by atoms with E-state index in [9.17, 15) is 24.3 Å². The second-order valence-corrected chi connectivity index (χ2v) is 15.5. The van der Waals surface area contributed by atoms with Crippen LogP contribution >= 0.6 is 11.8 Å². The number of carbonyl (C=O) groups excluding carboxylic acids is 4. The topological polar surface area (TPSA) is 144 Å². The summed E-state index contributed by atoms with van der Waals surface area (Å²) in [6.45, 7) is 3.67. The Morgan fingerprint density at radius 2 is 1.52 bits per heavy atom. The van der Waals surface area contributed by atoms with Gasteiger partial charge in [0.25, 0.3) is 5.91 Å². The number of nitrogens with zero attached hydrogens (tertiary/aromatic N) is 1. The van der Waals surface area contributed by atoms with Gasteiger partial charge in [-0.15, -0.1) is 11.8 Å². The number of hydrogen-bond acceptors (Lipinski definition) is 9. The minimum Gasteiger partial charge on any atom is -0.445 e. The van der Waals surface area contributed by atoms with Gasteiger partial charge < -0.3 is 30.0 Å². The van der Waals surface area contributed by atoms with Crippen LogP contribution in [-0.4, -0.2) is 51.7 Å². The van der Waals surface area contributed by atoms with Crippen LogP contribution in [0.25, 0.3) is 11.1 Å². The van der Waals surface area contributed by atoms with Crippen LogP contribution in [0, 0.1) is 5.92 Å². The van der Waals surface area contributed by atoms with Gasteiger partial charge in [-0.25, -0.2) is 4.79 Å². The van der Waals surface area contributed by atoms with Crippen molar-refractivity contribution in [3.8, 4) is 11.1 Å². The maximum absolute atomic E-state index is 13.3. The number of anilines is 1. The molecule has 0 aliphatic carbocycles. The zero-order valence-electron chi connectivity index (χ0n) is 32.2. The monoisotopic (exact) mass is 799 g/mol. The number of benzene rings is 5. The number of amides is 4. The molecule has 1 unspecified atom stereocenters. The zero-order chi connectivity index (χ0) is 40.6. The molecule has 11 nitrogen and oxygen atoms in total. The van der Waals surface area contributed by atoms with E-state index in [0.717, 1.165) is 49.5 Å². The summed E-state index contributed by atoms with van der Waals surface area (Å²) in [5.41, 5.74) is 6.73. The van der Waals surface area contributed by atoms with Crippen LogP contribution in [0.15, 0.2) is 132 Å². The molecule has 12 heteroatoms. The van der Waals surface area contributed by atoms with Gasteiger partial charge in [-0.3, -0.25) is 19.3 Å². The summed E-state index contributed by atoms with van der Waals surface area (Å²) in [4.78, 5) is 52.4. The molecule has 5 atom stereocenters. The zero-order valence-corrected chi connectivity index (χ0v) is 33.0. The van der Waals surface area contributed by atoms with Gasteiger partial charge in [-0.2, -0.15) is 0 Å². The first-order chi connectivity index (χ1) is 28.1. The van der Waals surface area contributed by atoms with Gasteiger partial charge in [0.05, 0.1) is 31.8 Å². The molecule has 2 saturated heterocycles. The fraction of sp³-hybridized carbons (Fsp3) is 0.261. The summed E-state index contributed by atoms with van der Waals surface area (Å²) < 4.78 is 18.7. The summed E-state index contributed by atoms with van der Waals surface area (Å²) in [7, 11) is 0. The Labute approximate surface area is 341 Å². The number of imide groups is 1. The van der Waals surface area contributed by atoms with Crippen LogP contribution in [0.5, 0.6) is 0 Å². The molecule has 2 aliphatic heterocycles. The summed E-state index contributed by atoms with van der Waals surface area (Å²) in [6.07, 6.45) is -2.06. The summed E-state index contributed by atoms with van der Waals surface area (Å²) in [5, 5.41) is 15.0. The van der Waals surface area contributed by atoms with Gasteiger partial charge in [0, 0.05) is 34.7 Å². The van der Waals surface area contributed by atoms with Crippen LogP contribution in [0.4, 0.5) is 10.5 Å². The molecule has 298 valence electrons. The average molecular weight is 800 g/mol. The highest BCUT2D eigenvalue weighted by Crippen LogP contribution is 2.43. The standard InChI is InChI=1S/C46H45N3O8S/c1-29-41(28-58-39-20-18-38(19-21-39)47-30(2)51)56-45(57-43(29)34-16-14-31(26-50)15-17-34)37-13-7-12-36(23-37)35-11-6-10-33(22-35)25-49-42(52)24-40(44(49)53)48-46(54)55-27-32-8-4-3-5-9-32/h3-23,29,40-41,43,45,50H,24-28H2,1-2H3,(H,47,51)(H,48,54)/t29-,40?,41+,43+,45+/m1/s1. The summed E-state index contributed by atoms with van der Waals surface area (Å²) in [5.74, 6) is -0.323. The normalized spacial score (nSPS) is 20.5. The van der Waals surface area contributed by atoms with E-state index in [2.05, 4.69) is 17.6 Å². The third-order valence-electron chi connectivity index (χ3n) is 10.2. The van der Waals surface area contributed by atoms with Crippen molar-refractivity contribution in [1.29, 1.82) is 0 Å². The van der Waals surface area contributed by atoms with Gasteiger partial charge in [0.1, 0.15) is 12.6 Å². The molecule has 0 spiro atoms. The van der Waals surface area contributed by atoms with Gasteiger partial charge in [-0.1, -0.05) is 97.9 Å². The average Bonchev–Trinajstić information content (AvgIpc) is 3.50. The van der Waals surface area contributed by atoms with Crippen molar-refractivity contribution in [3.63, 3.8) is 0 Å². The molecule has 4 amide bonds. The van der Waals surface area contributed by atoms with E-state index in [-0.39, 0.29) is 56.1 Å². The van der Waals surface area contributed by atoms with Crippen molar-refractivity contribution in [2.45, 2.75) is 69.5 Å². The highest BCUT2D eigenvalue weighted by atomic mass is 32.2. The van der Waals surface area contributed by atoms with Crippen molar-refractivity contribution in [2.24, 2.45) is 5.92 Å². The Kier molecular flexibility index (Phi) is 13.0. The lowest BCUT2D eigenvalue weighted by Crippen LogP contribution is -2.41. The van der Waals surface area contributed by atoms with Gasteiger partial charge in [0.2, 0.25) is 11.8 Å². The fourth-order valence-corrected chi connectivity index (χ4v) is 8.16. The Bertz CT molecular complexity index is 2230. The van der Waals surface area contributed by atoms with E-state index < -0.39 is 24.3 Å². The number of ether oxygens (including phenoxy) is 3. The fourth-order valence-electron chi connectivity index (χ4n) is 7.09. The second-order valence-electron chi connectivity index (χ2n) is 14.4. The number of nitrogens with one attached hydrogen (secondary N) is 2. The molecule has 5 aromatic carbocycles. The number of alkyl carbamates (subject to hydrolysis) is 1. The molecule has 2 heterocycles. The van der Waals surface area contributed by atoms with Crippen molar-refractivity contribution >= 4 is 41.3 Å². The Balaban J connectivity index is 1.04. The van der Waals surface area contributed by atoms with Crippen LogP contribution in [0.3, 0.4) is 0 Å². The third kappa shape index (κ3) is 10.0. The number of likely N-dealkylation sites (tertiary alicyclic amines) is 1. The smallest absolute Gasteiger partial charge is 0.408 e. The number of hydrogen-bond donors (Lipinski definition) is 3. The highest BCUT2D eigenvalue weighted by Gasteiger charge is 2.40. The lowest BCUT2D eigenvalue weighted by atomic mass is 9.91. The second kappa shape index (κ2) is 18.6. The molecule has 2 aliphatic rings. The molecule has 58 heavy (non-hydrogen) atoms. The molecule has 5 aromatic rings. The van der Waals surface area contributed by atoms with E-state index in [1.807, 2.05) is 127 Å². The molecule has 2 fully saturated rings. The van der Waals surface area contributed by atoms with Gasteiger partial charge in [0.15, 0.2) is 6.29 Å². The molecule has 0 aromatic heterocycles.